The minimum atomic E-state index is -0.689. The minimum absolute atomic E-state index is 0.187. The molecular weight excluding hydrogens is 140 g/mol. The normalized spacial score (nSPS) is 18.5. The van der Waals surface area contributed by atoms with Gasteiger partial charge >= 0.3 is 0 Å². The summed E-state index contributed by atoms with van der Waals surface area (Å²) in [6.07, 6.45) is 0.693. The molecule has 0 saturated carbocycles. The van der Waals surface area contributed by atoms with Gasteiger partial charge in [0, 0.05) is 6.54 Å². The van der Waals surface area contributed by atoms with Crippen LogP contribution in [0.1, 0.15) is 27.2 Å². The van der Waals surface area contributed by atoms with Gasteiger partial charge in [0.25, 0.3) is 0 Å². The second-order valence-electron chi connectivity index (χ2n) is 3.08. The van der Waals surface area contributed by atoms with Gasteiger partial charge in [-0.2, -0.15) is 5.26 Å². The van der Waals surface area contributed by atoms with Crippen molar-refractivity contribution in [2.24, 2.45) is 0 Å². The quantitative estimate of drug-likeness (QED) is 0.628. The molecule has 0 fully saturated rings. The monoisotopic (exact) mass is 156 g/mol. The Hall–Kier alpha value is -0.590. The van der Waals surface area contributed by atoms with Crippen molar-refractivity contribution < 1.29 is 5.11 Å². The fraction of sp³-hybridized carbons (Fsp3) is 0.875. The van der Waals surface area contributed by atoms with Gasteiger partial charge in [0.1, 0.15) is 0 Å². The molecule has 0 aliphatic carbocycles. The molecular formula is C8H16N2O. The van der Waals surface area contributed by atoms with E-state index in [1.807, 2.05) is 13.0 Å². The summed E-state index contributed by atoms with van der Waals surface area (Å²) >= 11 is 0. The second kappa shape index (κ2) is 4.32. The number of hydrogen-bond donors (Lipinski definition) is 2. The molecule has 0 rings (SSSR count). The molecule has 11 heavy (non-hydrogen) atoms. The summed E-state index contributed by atoms with van der Waals surface area (Å²) in [5.41, 5.74) is -0.689. The van der Waals surface area contributed by atoms with E-state index in [1.54, 1.807) is 13.8 Å². The SMILES string of the molecule is CCC(C)(O)CNC(C)C#N. The Kier molecular flexibility index (Phi) is 4.09. The van der Waals surface area contributed by atoms with Crippen LogP contribution in [0, 0.1) is 11.3 Å². The highest BCUT2D eigenvalue weighted by Gasteiger charge is 2.17. The highest BCUT2D eigenvalue weighted by Crippen LogP contribution is 2.05. The molecule has 0 radical (unpaired) electrons. The third-order valence-corrected chi connectivity index (χ3v) is 1.74. The smallest absolute Gasteiger partial charge is 0.0925 e. The second-order valence-corrected chi connectivity index (χ2v) is 3.08. The van der Waals surface area contributed by atoms with Crippen molar-refractivity contribution in [3.8, 4) is 6.07 Å². The summed E-state index contributed by atoms with van der Waals surface area (Å²) in [7, 11) is 0. The molecule has 0 spiro atoms. The fourth-order valence-corrected chi connectivity index (χ4v) is 0.544. The van der Waals surface area contributed by atoms with Gasteiger partial charge in [-0.25, -0.2) is 0 Å². The van der Waals surface area contributed by atoms with E-state index in [0.717, 1.165) is 0 Å². The van der Waals surface area contributed by atoms with Gasteiger partial charge in [0.15, 0.2) is 0 Å². The van der Waals surface area contributed by atoms with E-state index in [-0.39, 0.29) is 6.04 Å². The number of nitrogens with one attached hydrogen (secondary N) is 1. The van der Waals surface area contributed by atoms with Crippen LogP contribution in [0.5, 0.6) is 0 Å². The van der Waals surface area contributed by atoms with Crippen LogP contribution in [0.25, 0.3) is 0 Å². The Morgan fingerprint density at radius 3 is 2.64 bits per heavy atom. The highest BCUT2D eigenvalue weighted by atomic mass is 16.3. The zero-order valence-electron chi connectivity index (χ0n) is 7.39. The Balaban J connectivity index is 3.63. The zero-order valence-corrected chi connectivity index (χ0v) is 7.39. The van der Waals surface area contributed by atoms with Crippen molar-refractivity contribution in [3.63, 3.8) is 0 Å². The molecule has 3 heteroatoms. The third kappa shape index (κ3) is 4.77. The van der Waals surface area contributed by atoms with Crippen LogP contribution in [0.3, 0.4) is 0 Å². The van der Waals surface area contributed by atoms with E-state index in [2.05, 4.69) is 5.32 Å². The maximum Gasteiger partial charge on any atom is 0.0925 e. The first-order chi connectivity index (χ1) is 5.02. The first kappa shape index (κ1) is 10.4. The predicted octanol–water partition coefficient (Wildman–Crippen LogP) is 0.649. The zero-order chi connectivity index (χ0) is 8.91. The van der Waals surface area contributed by atoms with Gasteiger partial charge in [0.05, 0.1) is 17.7 Å². The topological polar surface area (TPSA) is 56.0 Å². The first-order valence-corrected chi connectivity index (χ1v) is 3.87. The maximum atomic E-state index is 9.50. The van der Waals surface area contributed by atoms with Gasteiger partial charge in [-0.15, -0.1) is 0 Å². The minimum Gasteiger partial charge on any atom is -0.389 e. The van der Waals surface area contributed by atoms with E-state index < -0.39 is 5.60 Å². The van der Waals surface area contributed by atoms with Crippen LogP contribution in [0.15, 0.2) is 0 Å². The van der Waals surface area contributed by atoms with E-state index >= 15 is 0 Å². The molecule has 0 aliphatic heterocycles. The summed E-state index contributed by atoms with van der Waals surface area (Å²) in [5, 5.41) is 20.8. The summed E-state index contributed by atoms with van der Waals surface area (Å²) in [6, 6.07) is 1.85. The summed E-state index contributed by atoms with van der Waals surface area (Å²) in [5.74, 6) is 0. The molecule has 2 N–H and O–H groups in total. The Morgan fingerprint density at radius 2 is 2.27 bits per heavy atom. The van der Waals surface area contributed by atoms with Gasteiger partial charge in [0.2, 0.25) is 0 Å². The summed E-state index contributed by atoms with van der Waals surface area (Å²) < 4.78 is 0. The van der Waals surface area contributed by atoms with Crippen LogP contribution >= 0.6 is 0 Å². The molecule has 0 aromatic heterocycles. The van der Waals surface area contributed by atoms with E-state index in [4.69, 9.17) is 5.26 Å². The standard InChI is InChI=1S/C8H16N2O/c1-4-8(3,11)6-10-7(2)5-9/h7,10-11H,4,6H2,1-3H3. The molecule has 0 aromatic carbocycles. The van der Waals surface area contributed by atoms with Crippen LogP contribution < -0.4 is 5.32 Å². The molecule has 0 amide bonds. The van der Waals surface area contributed by atoms with Gasteiger partial charge in [-0.1, -0.05) is 6.92 Å². The van der Waals surface area contributed by atoms with Crippen molar-refractivity contribution in [1.82, 2.24) is 5.32 Å². The Morgan fingerprint density at radius 1 is 1.73 bits per heavy atom. The number of rotatable bonds is 4. The third-order valence-electron chi connectivity index (χ3n) is 1.74. The number of aliphatic hydroxyl groups is 1. The van der Waals surface area contributed by atoms with Crippen LogP contribution in [-0.4, -0.2) is 23.3 Å². The first-order valence-electron chi connectivity index (χ1n) is 3.87. The lowest BCUT2D eigenvalue weighted by Crippen LogP contribution is -2.40. The van der Waals surface area contributed by atoms with Gasteiger partial charge < -0.3 is 5.11 Å². The lowest BCUT2D eigenvalue weighted by molar-refractivity contribution is 0.0549. The van der Waals surface area contributed by atoms with Gasteiger partial charge in [-0.3, -0.25) is 5.32 Å². The van der Waals surface area contributed by atoms with Gasteiger partial charge in [-0.05, 0) is 20.3 Å². The molecule has 0 aliphatic rings. The molecule has 0 bridgehead atoms. The molecule has 64 valence electrons. The Bertz CT molecular complexity index is 149. The predicted molar refractivity (Wildman–Crippen MR) is 44.0 cm³/mol. The van der Waals surface area contributed by atoms with E-state index in [9.17, 15) is 5.11 Å². The van der Waals surface area contributed by atoms with E-state index in [1.165, 1.54) is 0 Å². The van der Waals surface area contributed by atoms with Crippen molar-refractivity contribution in [2.75, 3.05) is 6.54 Å². The highest BCUT2D eigenvalue weighted by molar-refractivity contribution is 4.87. The van der Waals surface area contributed by atoms with Crippen LogP contribution in [-0.2, 0) is 0 Å². The maximum absolute atomic E-state index is 9.50. The largest absolute Gasteiger partial charge is 0.389 e. The number of hydrogen-bond acceptors (Lipinski definition) is 3. The van der Waals surface area contributed by atoms with E-state index in [0.29, 0.717) is 13.0 Å². The molecule has 0 aromatic rings. The number of nitrogens with zero attached hydrogens (tertiary/aromatic N) is 1. The van der Waals surface area contributed by atoms with Crippen LogP contribution in [0.2, 0.25) is 0 Å². The van der Waals surface area contributed by atoms with Crippen molar-refractivity contribution in [2.45, 2.75) is 38.8 Å². The van der Waals surface area contributed by atoms with Crippen molar-refractivity contribution in [3.05, 3.63) is 0 Å². The average molecular weight is 156 g/mol. The lowest BCUT2D eigenvalue weighted by atomic mass is 10.0. The molecule has 2 unspecified atom stereocenters. The Labute approximate surface area is 68.0 Å². The summed E-state index contributed by atoms with van der Waals surface area (Å²) in [6.45, 7) is 5.91. The molecule has 3 nitrogen and oxygen atoms in total. The summed E-state index contributed by atoms with van der Waals surface area (Å²) in [4.78, 5) is 0. The lowest BCUT2D eigenvalue weighted by Gasteiger charge is -2.22. The molecule has 0 saturated heterocycles. The van der Waals surface area contributed by atoms with Crippen molar-refractivity contribution >= 4 is 0 Å². The van der Waals surface area contributed by atoms with Crippen molar-refractivity contribution in [1.29, 1.82) is 5.26 Å². The number of nitriles is 1. The molecule has 2 atom stereocenters. The average Bonchev–Trinajstić information content (AvgIpc) is 2.00. The fourth-order valence-electron chi connectivity index (χ4n) is 0.544. The molecule has 0 heterocycles. The van der Waals surface area contributed by atoms with Crippen LogP contribution in [0.4, 0.5) is 0 Å².